The van der Waals surface area contributed by atoms with Crippen molar-refractivity contribution in [1.82, 2.24) is 4.98 Å². The SMILES string of the molecule is Cc1cccc(C)c1N=Cc1cc(Cl)cc(C=Nc2c(C)cccc2C)n1.[Cl-].[Cl-].[Co+2]. The molecule has 0 amide bonds. The molecule has 1 radical (unpaired) electrons. The zero-order valence-corrected chi connectivity index (χ0v) is 20.4. The maximum Gasteiger partial charge on any atom is 2.00 e. The molecule has 0 fully saturated rings. The second kappa shape index (κ2) is 12.9. The Morgan fingerprint density at radius 2 is 1.03 bits per heavy atom. The van der Waals surface area contributed by atoms with Gasteiger partial charge in [0.1, 0.15) is 0 Å². The minimum Gasteiger partial charge on any atom is -1.00 e. The van der Waals surface area contributed by atoms with Crippen molar-refractivity contribution in [2.75, 3.05) is 0 Å². The molecule has 0 unspecified atom stereocenters. The van der Waals surface area contributed by atoms with E-state index in [4.69, 9.17) is 11.6 Å². The zero-order chi connectivity index (χ0) is 19.4. The molecule has 1 heterocycles. The maximum atomic E-state index is 6.28. The number of aromatic nitrogens is 1. The molecule has 2 aromatic carbocycles. The molecule has 0 bridgehead atoms. The Morgan fingerprint density at radius 3 is 1.37 bits per heavy atom. The summed E-state index contributed by atoms with van der Waals surface area (Å²) in [6, 6.07) is 15.9. The van der Waals surface area contributed by atoms with E-state index in [0.29, 0.717) is 16.4 Å². The molecular weight excluding hydrogens is 484 g/mol. The van der Waals surface area contributed by atoms with Gasteiger partial charge in [-0.15, -0.1) is 0 Å². The van der Waals surface area contributed by atoms with Crippen LogP contribution in [-0.2, 0) is 16.8 Å². The van der Waals surface area contributed by atoms with Crippen LogP contribution in [0.25, 0.3) is 0 Å². The van der Waals surface area contributed by atoms with Gasteiger partial charge in [0.15, 0.2) is 0 Å². The van der Waals surface area contributed by atoms with E-state index in [1.165, 1.54) is 0 Å². The summed E-state index contributed by atoms with van der Waals surface area (Å²) in [5.41, 5.74) is 7.85. The average Bonchev–Trinajstić information content (AvgIpc) is 2.60. The van der Waals surface area contributed by atoms with Crippen molar-refractivity contribution >= 4 is 35.4 Å². The minimum atomic E-state index is 0. The van der Waals surface area contributed by atoms with Gasteiger partial charge < -0.3 is 24.8 Å². The van der Waals surface area contributed by atoms with E-state index >= 15 is 0 Å². The number of nitrogens with zero attached hydrogens (tertiary/aromatic N) is 3. The first-order valence-electron chi connectivity index (χ1n) is 8.82. The van der Waals surface area contributed by atoms with Gasteiger partial charge in [-0.05, 0) is 62.1 Å². The summed E-state index contributed by atoms with van der Waals surface area (Å²) in [5.74, 6) is 0. The van der Waals surface area contributed by atoms with Crippen LogP contribution < -0.4 is 24.8 Å². The van der Waals surface area contributed by atoms with Crippen LogP contribution in [0.4, 0.5) is 11.4 Å². The summed E-state index contributed by atoms with van der Waals surface area (Å²) in [6.07, 6.45) is 3.50. The summed E-state index contributed by atoms with van der Waals surface area (Å²) in [5, 5.41) is 0.607. The van der Waals surface area contributed by atoms with E-state index in [2.05, 4.69) is 15.0 Å². The van der Waals surface area contributed by atoms with Crippen LogP contribution in [0.5, 0.6) is 0 Å². The van der Waals surface area contributed by atoms with Crippen molar-refractivity contribution < 1.29 is 41.6 Å². The number of pyridine rings is 1. The first-order valence-corrected chi connectivity index (χ1v) is 9.20. The second-order valence-electron chi connectivity index (χ2n) is 6.63. The fourth-order valence-corrected chi connectivity index (χ4v) is 3.17. The summed E-state index contributed by atoms with van der Waals surface area (Å²) in [6.45, 7) is 8.20. The third kappa shape index (κ3) is 7.22. The predicted octanol–water partition coefficient (Wildman–Crippen LogP) is 0.475. The number of hydrogen-bond acceptors (Lipinski definition) is 3. The van der Waals surface area contributed by atoms with Crippen molar-refractivity contribution in [3.8, 4) is 0 Å². The average molecular weight is 506 g/mol. The molecule has 0 saturated heterocycles. The number of hydrogen-bond donors (Lipinski definition) is 0. The summed E-state index contributed by atoms with van der Waals surface area (Å²) in [7, 11) is 0. The minimum absolute atomic E-state index is 0. The van der Waals surface area contributed by atoms with Crippen LogP contribution in [-0.4, -0.2) is 17.4 Å². The van der Waals surface area contributed by atoms with Gasteiger partial charge in [-0.25, -0.2) is 4.98 Å². The molecule has 0 atom stereocenters. The Balaban J connectivity index is 0.00000280. The fourth-order valence-electron chi connectivity index (χ4n) is 2.95. The number of benzene rings is 2. The van der Waals surface area contributed by atoms with Gasteiger partial charge in [-0.1, -0.05) is 48.0 Å². The fraction of sp³-hybridized carbons (Fsp3) is 0.174. The predicted molar refractivity (Wildman–Crippen MR) is 116 cm³/mol. The standard InChI is InChI=1S/C23H22ClN3.2ClH.Co/c1-15-7-5-8-16(2)22(15)25-13-20-11-19(24)12-21(27-20)14-26-23-17(3)9-6-10-18(23)4;;;/h5-14H,1-4H3;2*1H;/q;;;+2/p-2. The topological polar surface area (TPSA) is 37.6 Å². The van der Waals surface area contributed by atoms with Crippen LogP contribution in [0.15, 0.2) is 58.5 Å². The monoisotopic (exact) mass is 504 g/mol. The molecule has 0 saturated carbocycles. The van der Waals surface area contributed by atoms with Crippen molar-refractivity contribution in [1.29, 1.82) is 0 Å². The van der Waals surface area contributed by atoms with Crippen LogP contribution in [0.2, 0.25) is 5.02 Å². The zero-order valence-electron chi connectivity index (χ0n) is 17.1. The van der Waals surface area contributed by atoms with E-state index in [-0.39, 0.29) is 41.6 Å². The molecular formula is C23H22Cl3CoN3. The van der Waals surface area contributed by atoms with Crippen LogP contribution in [0.3, 0.4) is 0 Å². The molecule has 3 nitrogen and oxygen atoms in total. The molecule has 0 aliphatic heterocycles. The van der Waals surface area contributed by atoms with Gasteiger partial charge in [-0.2, -0.15) is 0 Å². The Bertz CT molecular complexity index is 930. The van der Waals surface area contributed by atoms with Gasteiger partial charge in [-0.3, -0.25) is 9.98 Å². The molecule has 30 heavy (non-hydrogen) atoms. The van der Waals surface area contributed by atoms with E-state index in [1.54, 1.807) is 24.6 Å². The molecule has 3 aromatic rings. The van der Waals surface area contributed by atoms with Gasteiger partial charge in [0.05, 0.1) is 35.2 Å². The smallest absolute Gasteiger partial charge is 1.00 e. The number of para-hydroxylation sites is 2. The van der Waals surface area contributed by atoms with E-state index in [1.807, 2.05) is 64.1 Å². The largest absolute Gasteiger partial charge is 2.00 e. The molecule has 7 heteroatoms. The van der Waals surface area contributed by atoms with Crippen LogP contribution in [0.1, 0.15) is 33.6 Å². The van der Waals surface area contributed by atoms with E-state index in [0.717, 1.165) is 33.6 Å². The third-order valence-corrected chi connectivity index (χ3v) is 4.58. The molecule has 159 valence electrons. The number of halogens is 3. The molecule has 1 aromatic heterocycles. The van der Waals surface area contributed by atoms with Crippen molar-refractivity contribution in [2.24, 2.45) is 9.98 Å². The van der Waals surface area contributed by atoms with Crippen molar-refractivity contribution in [3.05, 3.63) is 87.2 Å². The Hall–Kier alpha value is -1.69. The molecule has 0 aliphatic rings. The molecule has 3 rings (SSSR count). The summed E-state index contributed by atoms with van der Waals surface area (Å²) in [4.78, 5) is 13.8. The van der Waals surface area contributed by atoms with Gasteiger partial charge in [0.2, 0.25) is 0 Å². The van der Waals surface area contributed by atoms with Crippen molar-refractivity contribution in [3.63, 3.8) is 0 Å². The van der Waals surface area contributed by atoms with Crippen LogP contribution >= 0.6 is 11.6 Å². The van der Waals surface area contributed by atoms with Crippen LogP contribution in [0, 0.1) is 27.7 Å². The second-order valence-corrected chi connectivity index (χ2v) is 7.07. The maximum absolute atomic E-state index is 6.28. The molecule has 0 spiro atoms. The van der Waals surface area contributed by atoms with E-state index in [9.17, 15) is 0 Å². The third-order valence-electron chi connectivity index (χ3n) is 4.36. The quantitative estimate of drug-likeness (QED) is 0.476. The normalized spacial score (nSPS) is 10.4. The molecule has 0 aliphatic carbocycles. The Labute approximate surface area is 206 Å². The van der Waals surface area contributed by atoms with E-state index < -0.39 is 0 Å². The first-order chi connectivity index (χ1) is 12.9. The number of aliphatic imine (C=N–C) groups is 2. The Morgan fingerprint density at radius 1 is 0.700 bits per heavy atom. The van der Waals surface area contributed by atoms with Gasteiger partial charge >= 0.3 is 16.8 Å². The summed E-state index contributed by atoms with van der Waals surface area (Å²) < 4.78 is 0. The van der Waals surface area contributed by atoms with Gasteiger partial charge in [0.25, 0.3) is 0 Å². The Kier molecular flexibility index (Phi) is 12.2. The summed E-state index contributed by atoms with van der Waals surface area (Å²) >= 11 is 6.28. The van der Waals surface area contributed by atoms with Gasteiger partial charge in [0, 0.05) is 5.02 Å². The number of aryl methyl sites for hydroxylation is 4. The number of rotatable bonds is 4. The first kappa shape index (κ1) is 28.3. The molecule has 0 N–H and O–H groups in total. The van der Waals surface area contributed by atoms with Crippen molar-refractivity contribution in [2.45, 2.75) is 27.7 Å².